The highest BCUT2D eigenvalue weighted by atomic mass is 79.9. The molecule has 0 aliphatic carbocycles. The van der Waals surface area contributed by atoms with E-state index in [1.165, 1.54) is 5.56 Å². The first-order valence-electron chi connectivity index (χ1n) is 4.14. The van der Waals surface area contributed by atoms with E-state index in [0.717, 1.165) is 28.8 Å². The number of ether oxygens (including phenoxy) is 1. The van der Waals surface area contributed by atoms with Crippen molar-refractivity contribution in [3.05, 3.63) is 28.5 Å². The second-order valence-corrected chi connectivity index (χ2v) is 3.90. The molecule has 3 rings (SSSR count). The van der Waals surface area contributed by atoms with E-state index in [0.29, 0.717) is 0 Å². The Labute approximate surface area is 83.4 Å². The maximum absolute atomic E-state index is 5.47. The second kappa shape index (κ2) is 2.48. The summed E-state index contributed by atoms with van der Waals surface area (Å²) in [6.45, 7) is 0.784. The summed E-state index contributed by atoms with van der Waals surface area (Å²) in [7, 11) is 0. The lowest BCUT2D eigenvalue weighted by Crippen LogP contribution is -1.89. The molecule has 0 radical (unpaired) electrons. The third-order valence-corrected chi connectivity index (χ3v) is 2.89. The molecule has 66 valence electrons. The van der Waals surface area contributed by atoms with Gasteiger partial charge in [0, 0.05) is 18.2 Å². The molecule has 2 aromatic rings. The van der Waals surface area contributed by atoms with Gasteiger partial charge < -0.3 is 4.74 Å². The van der Waals surface area contributed by atoms with E-state index in [-0.39, 0.29) is 0 Å². The number of pyridine rings is 1. The quantitative estimate of drug-likeness (QED) is 0.703. The third kappa shape index (κ3) is 0.920. The van der Waals surface area contributed by atoms with Crippen LogP contribution in [0.5, 0.6) is 5.75 Å². The van der Waals surface area contributed by atoms with Crippen LogP contribution in [-0.4, -0.2) is 16.2 Å². The number of nitrogens with zero attached hydrogens (tertiary/aromatic N) is 2. The summed E-state index contributed by atoms with van der Waals surface area (Å²) in [5.41, 5.74) is 2.39. The highest BCUT2D eigenvalue weighted by Gasteiger charge is 2.17. The molecule has 0 N–H and O–H groups in total. The van der Waals surface area contributed by atoms with Crippen molar-refractivity contribution in [3.8, 4) is 5.75 Å². The molecule has 1 aliphatic rings. The number of aromatic nitrogens is 2. The lowest BCUT2D eigenvalue weighted by molar-refractivity contribution is 0.356. The minimum atomic E-state index is 0.784. The molecular weight excluding hydrogens is 232 g/mol. The van der Waals surface area contributed by atoms with Crippen molar-refractivity contribution < 1.29 is 4.74 Å². The van der Waals surface area contributed by atoms with Crippen LogP contribution in [-0.2, 0) is 6.42 Å². The summed E-state index contributed by atoms with van der Waals surface area (Å²) in [4.78, 5) is 0. The fraction of sp³-hybridized carbons (Fsp3) is 0.222. The molecule has 2 aromatic heterocycles. The molecule has 0 unspecified atom stereocenters. The molecule has 0 bridgehead atoms. The molecule has 0 atom stereocenters. The monoisotopic (exact) mass is 238 g/mol. The van der Waals surface area contributed by atoms with Gasteiger partial charge in [-0.15, -0.1) is 0 Å². The summed E-state index contributed by atoms with van der Waals surface area (Å²) >= 11 is 3.48. The Balaban J connectivity index is 2.47. The van der Waals surface area contributed by atoms with Crippen molar-refractivity contribution in [2.45, 2.75) is 6.42 Å². The minimum Gasteiger partial charge on any atom is -0.493 e. The van der Waals surface area contributed by atoms with Crippen LogP contribution in [0.4, 0.5) is 0 Å². The first kappa shape index (κ1) is 7.38. The van der Waals surface area contributed by atoms with Crippen molar-refractivity contribution in [2.24, 2.45) is 0 Å². The smallest absolute Gasteiger partial charge is 0.126 e. The zero-order valence-electron chi connectivity index (χ0n) is 6.83. The molecule has 3 nitrogen and oxygen atoms in total. The van der Waals surface area contributed by atoms with Crippen molar-refractivity contribution >= 4 is 21.4 Å². The molecule has 0 fully saturated rings. The van der Waals surface area contributed by atoms with E-state index in [1.807, 2.05) is 23.0 Å². The third-order valence-electron chi connectivity index (χ3n) is 2.31. The van der Waals surface area contributed by atoms with E-state index < -0.39 is 0 Å². The molecular formula is C9H7BrN2O. The Morgan fingerprint density at radius 2 is 2.46 bits per heavy atom. The lowest BCUT2D eigenvalue weighted by Gasteiger charge is -2.00. The molecule has 13 heavy (non-hydrogen) atoms. The van der Waals surface area contributed by atoms with E-state index >= 15 is 0 Å². The average Bonchev–Trinajstić information content (AvgIpc) is 2.70. The van der Waals surface area contributed by atoms with Gasteiger partial charge in [0.2, 0.25) is 0 Å². The summed E-state index contributed by atoms with van der Waals surface area (Å²) in [5, 5.41) is 4.21. The zero-order valence-corrected chi connectivity index (χ0v) is 8.41. The number of rotatable bonds is 0. The van der Waals surface area contributed by atoms with E-state index in [4.69, 9.17) is 4.74 Å². The largest absolute Gasteiger partial charge is 0.493 e. The Kier molecular flexibility index (Phi) is 1.41. The number of halogens is 1. The Hall–Kier alpha value is -1.03. The SMILES string of the molecule is Brc1cnn2ccc3c(c12)CCO3. The minimum absolute atomic E-state index is 0.784. The van der Waals surface area contributed by atoms with Crippen LogP contribution in [0, 0.1) is 0 Å². The van der Waals surface area contributed by atoms with Crippen LogP contribution in [0.2, 0.25) is 0 Å². The van der Waals surface area contributed by atoms with Crippen LogP contribution in [0.25, 0.3) is 5.52 Å². The molecule has 0 aromatic carbocycles. The maximum atomic E-state index is 5.47. The second-order valence-electron chi connectivity index (χ2n) is 3.04. The van der Waals surface area contributed by atoms with Crippen LogP contribution in [0.3, 0.4) is 0 Å². The number of hydrogen-bond donors (Lipinski definition) is 0. The molecule has 1 aliphatic heterocycles. The molecule has 0 saturated heterocycles. The van der Waals surface area contributed by atoms with Gasteiger partial charge in [0.15, 0.2) is 0 Å². The molecule has 0 amide bonds. The Morgan fingerprint density at radius 3 is 3.38 bits per heavy atom. The topological polar surface area (TPSA) is 26.5 Å². The van der Waals surface area contributed by atoms with Crippen molar-refractivity contribution in [2.75, 3.05) is 6.61 Å². The summed E-state index contributed by atoms with van der Waals surface area (Å²) in [5.74, 6) is 0.994. The molecule has 0 spiro atoms. The van der Waals surface area contributed by atoms with Gasteiger partial charge in [0.25, 0.3) is 0 Å². The van der Waals surface area contributed by atoms with Gasteiger partial charge >= 0.3 is 0 Å². The van der Waals surface area contributed by atoms with Gasteiger partial charge in [-0.3, -0.25) is 0 Å². The first-order chi connectivity index (χ1) is 6.36. The summed E-state index contributed by atoms with van der Waals surface area (Å²) in [6, 6.07) is 1.97. The average molecular weight is 239 g/mol. The van der Waals surface area contributed by atoms with E-state index in [2.05, 4.69) is 21.0 Å². The Bertz CT molecular complexity index is 478. The fourth-order valence-electron chi connectivity index (χ4n) is 1.73. The van der Waals surface area contributed by atoms with Gasteiger partial charge in [0.05, 0.1) is 22.8 Å². The summed E-state index contributed by atoms with van der Waals surface area (Å²) in [6.07, 6.45) is 4.71. The van der Waals surface area contributed by atoms with Gasteiger partial charge in [0.1, 0.15) is 5.75 Å². The summed E-state index contributed by atoms with van der Waals surface area (Å²) < 4.78 is 8.38. The molecule has 4 heteroatoms. The lowest BCUT2D eigenvalue weighted by atomic mass is 10.2. The highest BCUT2D eigenvalue weighted by molar-refractivity contribution is 9.10. The van der Waals surface area contributed by atoms with Crippen LogP contribution in [0.15, 0.2) is 22.9 Å². The predicted molar refractivity (Wildman–Crippen MR) is 52.1 cm³/mol. The fourth-order valence-corrected chi connectivity index (χ4v) is 2.24. The van der Waals surface area contributed by atoms with Gasteiger partial charge in [-0.2, -0.15) is 5.10 Å². The van der Waals surface area contributed by atoms with Gasteiger partial charge in [-0.1, -0.05) is 0 Å². The standard InChI is InChI=1S/C9H7BrN2O/c10-7-5-11-12-3-1-8-6(9(7)12)2-4-13-8/h1,3,5H,2,4H2. The van der Waals surface area contributed by atoms with E-state index in [1.54, 1.807) is 0 Å². The number of hydrogen-bond acceptors (Lipinski definition) is 2. The Morgan fingerprint density at radius 1 is 1.54 bits per heavy atom. The van der Waals surface area contributed by atoms with Crippen molar-refractivity contribution in [1.29, 1.82) is 0 Å². The van der Waals surface area contributed by atoms with Gasteiger partial charge in [-0.05, 0) is 22.0 Å². The normalized spacial score (nSPS) is 14.5. The van der Waals surface area contributed by atoms with Crippen molar-refractivity contribution in [1.82, 2.24) is 9.61 Å². The van der Waals surface area contributed by atoms with Crippen molar-refractivity contribution in [3.63, 3.8) is 0 Å². The van der Waals surface area contributed by atoms with Crippen LogP contribution >= 0.6 is 15.9 Å². The zero-order chi connectivity index (χ0) is 8.84. The predicted octanol–water partition coefficient (Wildman–Crippen LogP) is 2.03. The van der Waals surface area contributed by atoms with Crippen LogP contribution < -0.4 is 4.74 Å². The molecule has 3 heterocycles. The van der Waals surface area contributed by atoms with Gasteiger partial charge in [-0.25, -0.2) is 4.52 Å². The van der Waals surface area contributed by atoms with E-state index in [9.17, 15) is 0 Å². The highest BCUT2D eigenvalue weighted by Crippen LogP contribution is 2.32. The maximum Gasteiger partial charge on any atom is 0.126 e. The number of fused-ring (bicyclic) bond motifs is 3. The first-order valence-corrected chi connectivity index (χ1v) is 4.93. The molecule has 0 saturated carbocycles. The van der Waals surface area contributed by atoms with Crippen LogP contribution in [0.1, 0.15) is 5.56 Å².